The highest BCUT2D eigenvalue weighted by molar-refractivity contribution is 6.20. The SMILES string of the molecule is CC1(C)c2cc(N(c3ccc4c(c3)C(C)(C)c3cc(-c5ccc(-c6ccccc6)cc5)c5oc6ccccc6c5c3-4)c3cccc4c5ccccc5n(-c5ccccc5)c34)ccc2-c2cc3c(cc21)-c1c(ccc2oc4ccccc4c12)C3(C)C. The van der Waals surface area contributed by atoms with Crippen LogP contribution in [0.3, 0.4) is 0 Å². The topological polar surface area (TPSA) is 34.5 Å². The lowest BCUT2D eigenvalue weighted by Crippen LogP contribution is -2.18. The molecule has 3 aromatic heterocycles. The number of nitrogens with zero attached hydrogens (tertiary/aromatic N) is 2. The molecule has 0 amide bonds. The zero-order valence-electron chi connectivity index (χ0n) is 48.3. The second-order valence-corrected chi connectivity index (χ2v) is 25.5. The van der Waals surface area contributed by atoms with Crippen molar-refractivity contribution in [3.8, 4) is 61.3 Å². The van der Waals surface area contributed by atoms with Crippen molar-refractivity contribution in [3.05, 3.63) is 276 Å². The smallest absolute Gasteiger partial charge is 0.143 e. The fraction of sp³-hybridized carbons (Fsp3) is 0.111. The Kier molecular flexibility index (Phi) is 9.67. The van der Waals surface area contributed by atoms with Gasteiger partial charge in [0.05, 0.1) is 16.7 Å². The van der Waals surface area contributed by atoms with Crippen LogP contribution in [0.4, 0.5) is 17.1 Å². The molecule has 0 N–H and O–H groups in total. The molecule has 0 aliphatic heterocycles. The molecule has 0 bridgehead atoms. The maximum atomic E-state index is 6.99. The van der Waals surface area contributed by atoms with Crippen LogP contribution >= 0.6 is 0 Å². The molecule has 3 aliphatic rings. The fourth-order valence-electron chi connectivity index (χ4n) is 15.8. The molecule has 0 saturated carbocycles. The van der Waals surface area contributed by atoms with E-state index in [0.29, 0.717) is 0 Å². The normalized spacial score (nSPS) is 14.8. The fourth-order valence-corrected chi connectivity index (χ4v) is 15.8. The molecular weight excluding hydrogens is 1030 g/mol. The van der Waals surface area contributed by atoms with Gasteiger partial charge in [-0.15, -0.1) is 0 Å². The van der Waals surface area contributed by atoms with E-state index in [4.69, 9.17) is 8.83 Å². The van der Waals surface area contributed by atoms with Gasteiger partial charge in [-0.05, 0) is 168 Å². The van der Waals surface area contributed by atoms with Crippen molar-refractivity contribution in [2.45, 2.75) is 57.8 Å². The highest BCUT2D eigenvalue weighted by Crippen LogP contribution is 2.61. The Labute approximate surface area is 493 Å². The van der Waals surface area contributed by atoms with E-state index in [1.54, 1.807) is 0 Å². The molecule has 4 nitrogen and oxygen atoms in total. The van der Waals surface area contributed by atoms with E-state index in [2.05, 4.69) is 294 Å². The van der Waals surface area contributed by atoms with Gasteiger partial charge in [-0.25, -0.2) is 0 Å². The molecular formula is C81H58N2O2. The summed E-state index contributed by atoms with van der Waals surface area (Å²) in [5, 5.41) is 7.12. The Morgan fingerprint density at radius 3 is 1.61 bits per heavy atom. The molecule has 0 atom stereocenters. The summed E-state index contributed by atoms with van der Waals surface area (Å²) in [6.07, 6.45) is 0. The zero-order valence-corrected chi connectivity index (χ0v) is 48.3. The van der Waals surface area contributed by atoms with Crippen LogP contribution in [0.15, 0.2) is 251 Å². The van der Waals surface area contributed by atoms with E-state index in [-0.39, 0.29) is 16.2 Å². The summed E-state index contributed by atoms with van der Waals surface area (Å²) in [5.41, 5.74) is 29.9. The summed E-state index contributed by atoms with van der Waals surface area (Å²) < 4.78 is 16.0. The molecule has 85 heavy (non-hydrogen) atoms. The molecule has 3 heterocycles. The maximum absolute atomic E-state index is 6.99. The van der Waals surface area contributed by atoms with Crippen LogP contribution in [0.1, 0.15) is 74.9 Å². The largest absolute Gasteiger partial charge is 0.456 e. The van der Waals surface area contributed by atoms with Crippen molar-refractivity contribution >= 4 is 82.7 Å². The van der Waals surface area contributed by atoms with Crippen molar-refractivity contribution < 1.29 is 8.83 Å². The molecule has 12 aromatic carbocycles. The summed E-state index contributed by atoms with van der Waals surface area (Å²) in [6, 6.07) is 90.0. The summed E-state index contributed by atoms with van der Waals surface area (Å²) in [7, 11) is 0. The van der Waals surface area contributed by atoms with Crippen LogP contribution in [0.5, 0.6) is 0 Å². The molecule has 15 aromatic rings. The number of para-hydroxylation sites is 5. The van der Waals surface area contributed by atoms with Gasteiger partial charge in [-0.1, -0.05) is 199 Å². The van der Waals surface area contributed by atoms with Crippen LogP contribution in [-0.4, -0.2) is 4.57 Å². The number of fused-ring (bicyclic) bond motifs is 20. The van der Waals surface area contributed by atoms with Crippen LogP contribution in [0, 0.1) is 0 Å². The van der Waals surface area contributed by atoms with Gasteiger partial charge in [0.2, 0.25) is 0 Å². The molecule has 404 valence electrons. The van der Waals surface area contributed by atoms with Gasteiger partial charge in [0, 0.05) is 71.2 Å². The van der Waals surface area contributed by atoms with Crippen molar-refractivity contribution in [2.75, 3.05) is 4.90 Å². The standard InChI is InChI=1S/C81H58N2O2/c1-79(2)62-40-41-72-75(57-25-14-17-30-70(57)84-72)74(62)61-46-65-60(45-66(61)79)53-38-36-51(42-63(53)80(65,3)4)82(69-29-19-27-55-54-24-13-16-28-68(54)83(77(55)69)50-22-11-8-12-23-50)52-37-39-56-64(43-52)81(5,6)67-44-59(49-34-32-48(33-35-49)47-20-9-7-10-21-47)78-76(73(56)67)58-26-15-18-31-71(58)85-78/h7-46H,1-6H3. The first-order chi connectivity index (χ1) is 41.4. The minimum Gasteiger partial charge on any atom is -0.456 e. The van der Waals surface area contributed by atoms with Crippen molar-refractivity contribution in [2.24, 2.45) is 0 Å². The molecule has 18 rings (SSSR count). The number of hydrogen-bond donors (Lipinski definition) is 0. The summed E-state index contributed by atoms with van der Waals surface area (Å²) in [4.78, 5) is 2.56. The Balaban J connectivity index is 0.847. The Morgan fingerprint density at radius 2 is 0.859 bits per heavy atom. The minimum absolute atomic E-state index is 0.209. The Hall–Kier alpha value is -10.2. The monoisotopic (exact) mass is 1090 g/mol. The molecule has 0 fully saturated rings. The van der Waals surface area contributed by atoms with Crippen LogP contribution in [-0.2, 0) is 16.2 Å². The molecule has 3 aliphatic carbocycles. The number of hydrogen-bond acceptors (Lipinski definition) is 3. The lowest BCUT2D eigenvalue weighted by atomic mass is 9.79. The van der Waals surface area contributed by atoms with E-state index in [1.165, 1.54) is 110 Å². The average molecular weight is 1090 g/mol. The van der Waals surface area contributed by atoms with Gasteiger partial charge in [-0.3, -0.25) is 0 Å². The minimum atomic E-state index is -0.384. The third-order valence-corrected chi connectivity index (χ3v) is 20.0. The third-order valence-electron chi connectivity index (χ3n) is 20.0. The first-order valence-electron chi connectivity index (χ1n) is 29.9. The van der Waals surface area contributed by atoms with E-state index < -0.39 is 0 Å². The van der Waals surface area contributed by atoms with E-state index in [9.17, 15) is 0 Å². The predicted molar refractivity (Wildman–Crippen MR) is 354 cm³/mol. The van der Waals surface area contributed by atoms with E-state index >= 15 is 0 Å². The van der Waals surface area contributed by atoms with Gasteiger partial charge in [0.15, 0.2) is 0 Å². The number of benzene rings is 12. The first kappa shape index (κ1) is 48.4. The van der Waals surface area contributed by atoms with E-state index in [1.807, 2.05) is 0 Å². The number of rotatable bonds is 6. The van der Waals surface area contributed by atoms with Gasteiger partial charge in [-0.2, -0.15) is 0 Å². The zero-order chi connectivity index (χ0) is 56.8. The first-order valence-corrected chi connectivity index (χ1v) is 29.9. The molecule has 0 spiro atoms. The molecule has 0 unspecified atom stereocenters. The highest BCUT2D eigenvalue weighted by atomic mass is 16.3. The van der Waals surface area contributed by atoms with Crippen LogP contribution in [0.2, 0.25) is 0 Å². The van der Waals surface area contributed by atoms with Crippen LogP contribution in [0.25, 0.3) is 127 Å². The quantitative estimate of drug-likeness (QED) is 0.166. The second kappa shape index (κ2) is 17.0. The molecule has 4 heteroatoms. The van der Waals surface area contributed by atoms with Gasteiger partial charge >= 0.3 is 0 Å². The van der Waals surface area contributed by atoms with Crippen LogP contribution < -0.4 is 4.90 Å². The Morgan fingerprint density at radius 1 is 0.329 bits per heavy atom. The molecule has 0 radical (unpaired) electrons. The number of anilines is 3. The second-order valence-electron chi connectivity index (χ2n) is 25.5. The van der Waals surface area contributed by atoms with Gasteiger partial charge in [0.25, 0.3) is 0 Å². The number of furan rings is 2. The third kappa shape index (κ3) is 6.52. The summed E-state index contributed by atoms with van der Waals surface area (Å²) in [6.45, 7) is 14.5. The molecule has 0 saturated heterocycles. The van der Waals surface area contributed by atoms with Gasteiger partial charge in [0.1, 0.15) is 22.3 Å². The summed E-state index contributed by atoms with van der Waals surface area (Å²) in [5.74, 6) is 0. The lowest BCUT2D eigenvalue weighted by Gasteiger charge is -2.30. The maximum Gasteiger partial charge on any atom is 0.143 e. The van der Waals surface area contributed by atoms with Crippen molar-refractivity contribution in [3.63, 3.8) is 0 Å². The van der Waals surface area contributed by atoms with Crippen molar-refractivity contribution in [1.29, 1.82) is 0 Å². The van der Waals surface area contributed by atoms with Gasteiger partial charge < -0.3 is 18.3 Å². The average Bonchev–Trinajstić information content (AvgIpc) is 1.59. The van der Waals surface area contributed by atoms with E-state index in [0.717, 1.165) is 67.1 Å². The Bertz CT molecular complexity index is 5380. The summed E-state index contributed by atoms with van der Waals surface area (Å²) >= 11 is 0. The number of aromatic nitrogens is 1. The lowest BCUT2D eigenvalue weighted by molar-refractivity contribution is 0.651. The van der Waals surface area contributed by atoms with Crippen molar-refractivity contribution in [1.82, 2.24) is 4.57 Å². The highest BCUT2D eigenvalue weighted by Gasteiger charge is 2.44. The predicted octanol–water partition coefficient (Wildman–Crippen LogP) is 22.3.